The number of hydrogen-bond acceptors (Lipinski definition) is 3. The van der Waals surface area contributed by atoms with Crippen LogP contribution in [0, 0.1) is 6.92 Å². The fourth-order valence-corrected chi connectivity index (χ4v) is 3.27. The summed E-state index contributed by atoms with van der Waals surface area (Å²) in [5, 5.41) is 2.37. The molecule has 0 fully saturated rings. The molecule has 5 nitrogen and oxygen atoms in total. The molecule has 1 atom stereocenters. The molecule has 0 unspecified atom stereocenters. The van der Waals surface area contributed by atoms with E-state index in [1.165, 1.54) is 19.1 Å². The van der Waals surface area contributed by atoms with E-state index in [9.17, 15) is 26.4 Å². The Morgan fingerprint density at radius 3 is 2.04 bits per heavy atom. The molecule has 0 aliphatic rings. The molecule has 0 aromatic heterocycles. The van der Waals surface area contributed by atoms with E-state index in [0.29, 0.717) is 0 Å². The largest absolute Gasteiger partial charge is 0.416 e. The normalized spacial score (nSPS) is 13.3. The second-order valence-electron chi connectivity index (χ2n) is 5.72. The highest BCUT2D eigenvalue weighted by Gasteiger charge is 2.30. The molecule has 2 aromatic rings. The minimum Gasteiger partial charge on any atom is -0.325 e. The predicted molar refractivity (Wildman–Crippen MR) is 91.0 cm³/mol. The van der Waals surface area contributed by atoms with Gasteiger partial charge in [0.1, 0.15) is 0 Å². The van der Waals surface area contributed by atoms with Crippen LogP contribution in [0.15, 0.2) is 53.4 Å². The molecule has 140 valence electrons. The molecule has 0 saturated carbocycles. The van der Waals surface area contributed by atoms with Crippen LogP contribution < -0.4 is 10.0 Å². The highest BCUT2D eigenvalue weighted by Crippen LogP contribution is 2.29. The van der Waals surface area contributed by atoms with Gasteiger partial charge in [0.15, 0.2) is 0 Å². The molecule has 2 rings (SSSR count). The first-order valence-corrected chi connectivity index (χ1v) is 9.04. The van der Waals surface area contributed by atoms with Crippen LogP contribution in [0.1, 0.15) is 18.1 Å². The third-order valence-electron chi connectivity index (χ3n) is 3.54. The van der Waals surface area contributed by atoms with Crippen molar-refractivity contribution in [3.05, 3.63) is 59.7 Å². The Balaban J connectivity index is 2.04. The lowest BCUT2D eigenvalue weighted by molar-refractivity contribution is -0.137. The number of carbonyl (C=O) groups excluding carboxylic acids is 1. The van der Waals surface area contributed by atoms with Gasteiger partial charge < -0.3 is 5.32 Å². The third-order valence-corrected chi connectivity index (χ3v) is 5.09. The topological polar surface area (TPSA) is 75.3 Å². The van der Waals surface area contributed by atoms with Gasteiger partial charge in [-0.3, -0.25) is 4.79 Å². The smallest absolute Gasteiger partial charge is 0.325 e. The van der Waals surface area contributed by atoms with Crippen LogP contribution >= 0.6 is 0 Å². The van der Waals surface area contributed by atoms with Gasteiger partial charge in [-0.25, -0.2) is 8.42 Å². The van der Waals surface area contributed by atoms with Gasteiger partial charge in [-0.1, -0.05) is 17.7 Å². The fraction of sp³-hybridized carbons (Fsp3) is 0.235. The molecule has 0 aliphatic carbocycles. The summed E-state index contributed by atoms with van der Waals surface area (Å²) in [7, 11) is -3.90. The number of sulfonamides is 1. The Labute approximate surface area is 149 Å². The summed E-state index contributed by atoms with van der Waals surface area (Å²) in [6.07, 6.45) is -4.47. The number of anilines is 1. The van der Waals surface area contributed by atoms with Crippen molar-refractivity contribution < 1.29 is 26.4 Å². The van der Waals surface area contributed by atoms with Crippen LogP contribution in [0.5, 0.6) is 0 Å². The molecule has 0 radical (unpaired) electrons. The number of rotatable bonds is 5. The Bertz CT molecular complexity index is 877. The third kappa shape index (κ3) is 5.06. The molecule has 0 spiro atoms. The maximum Gasteiger partial charge on any atom is 0.416 e. The van der Waals surface area contributed by atoms with Crippen LogP contribution in [0.2, 0.25) is 0 Å². The lowest BCUT2D eigenvalue weighted by Gasteiger charge is -2.15. The zero-order valence-electron chi connectivity index (χ0n) is 14.0. The standard InChI is InChI=1S/C17H17F3N2O3S/c1-11-3-9-15(10-4-11)26(24,25)22-12(2)16(23)21-14-7-5-13(6-8-14)17(18,19)20/h3-10,12,22H,1-2H3,(H,21,23)/t12-/m1/s1. The first kappa shape index (κ1) is 19.9. The molecule has 2 N–H and O–H groups in total. The zero-order valence-corrected chi connectivity index (χ0v) is 14.8. The van der Waals surface area contributed by atoms with Crippen LogP contribution in [-0.4, -0.2) is 20.4 Å². The molecular weight excluding hydrogens is 369 g/mol. The molecule has 0 heterocycles. The Morgan fingerprint density at radius 1 is 1.00 bits per heavy atom. The van der Waals surface area contributed by atoms with Gasteiger partial charge in [0, 0.05) is 5.69 Å². The van der Waals surface area contributed by atoms with Crippen LogP contribution in [0.25, 0.3) is 0 Å². The molecule has 9 heteroatoms. The van der Waals surface area contributed by atoms with E-state index in [1.54, 1.807) is 12.1 Å². The van der Waals surface area contributed by atoms with Gasteiger partial charge in [0.05, 0.1) is 16.5 Å². The predicted octanol–water partition coefficient (Wildman–Crippen LogP) is 3.32. The van der Waals surface area contributed by atoms with Crippen LogP contribution in [0.4, 0.5) is 18.9 Å². The van der Waals surface area contributed by atoms with Gasteiger partial charge in [0.2, 0.25) is 15.9 Å². The Hall–Kier alpha value is -2.39. The molecule has 0 bridgehead atoms. The number of hydrogen-bond donors (Lipinski definition) is 2. The van der Waals surface area contributed by atoms with Crippen molar-refractivity contribution in [2.24, 2.45) is 0 Å². The lowest BCUT2D eigenvalue weighted by Crippen LogP contribution is -2.41. The number of amides is 1. The highest BCUT2D eigenvalue weighted by atomic mass is 32.2. The summed E-state index contributed by atoms with van der Waals surface area (Å²) in [5.74, 6) is -0.694. The van der Waals surface area contributed by atoms with Gasteiger partial charge in [-0.05, 0) is 50.2 Å². The summed E-state index contributed by atoms with van der Waals surface area (Å²) >= 11 is 0. The molecule has 26 heavy (non-hydrogen) atoms. The van der Waals surface area contributed by atoms with E-state index in [2.05, 4.69) is 10.0 Å². The summed E-state index contributed by atoms with van der Waals surface area (Å²) in [6, 6.07) is 8.82. The first-order valence-electron chi connectivity index (χ1n) is 7.56. The van der Waals surface area contributed by atoms with E-state index in [4.69, 9.17) is 0 Å². The van der Waals surface area contributed by atoms with Gasteiger partial charge in [-0.2, -0.15) is 17.9 Å². The SMILES string of the molecule is Cc1ccc(S(=O)(=O)N[C@H](C)C(=O)Nc2ccc(C(F)(F)F)cc2)cc1. The molecule has 0 aliphatic heterocycles. The minimum atomic E-state index is -4.47. The Morgan fingerprint density at radius 2 is 1.54 bits per heavy atom. The van der Waals surface area contributed by atoms with Crippen molar-refractivity contribution in [1.82, 2.24) is 4.72 Å². The van der Waals surface area contributed by atoms with Crippen molar-refractivity contribution in [2.45, 2.75) is 31.0 Å². The number of benzene rings is 2. The maximum absolute atomic E-state index is 12.5. The number of aryl methyl sites for hydroxylation is 1. The van der Waals surface area contributed by atoms with E-state index >= 15 is 0 Å². The second kappa shape index (κ2) is 7.46. The van der Waals surface area contributed by atoms with Crippen molar-refractivity contribution in [3.8, 4) is 0 Å². The maximum atomic E-state index is 12.5. The first-order chi connectivity index (χ1) is 12.0. The Kier molecular flexibility index (Phi) is 5.72. The van der Waals surface area contributed by atoms with Gasteiger partial charge in [-0.15, -0.1) is 0 Å². The number of carbonyl (C=O) groups is 1. The van der Waals surface area contributed by atoms with Gasteiger partial charge in [0.25, 0.3) is 0 Å². The minimum absolute atomic E-state index is 0.0114. The van der Waals surface area contributed by atoms with Crippen LogP contribution in [0.3, 0.4) is 0 Å². The van der Waals surface area contributed by atoms with Crippen LogP contribution in [-0.2, 0) is 21.0 Å². The van der Waals surface area contributed by atoms with E-state index in [0.717, 1.165) is 29.8 Å². The quantitative estimate of drug-likeness (QED) is 0.828. The number of alkyl halides is 3. The summed E-state index contributed by atoms with van der Waals surface area (Å²) in [4.78, 5) is 12.1. The molecule has 1 amide bonds. The van der Waals surface area contributed by atoms with Crippen molar-refractivity contribution in [3.63, 3.8) is 0 Å². The summed E-state index contributed by atoms with van der Waals surface area (Å²) in [6.45, 7) is 3.15. The van der Waals surface area contributed by atoms with E-state index in [-0.39, 0.29) is 10.6 Å². The van der Waals surface area contributed by atoms with Crippen molar-refractivity contribution in [1.29, 1.82) is 0 Å². The second-order valence-corrected chi connectivity index (χ2v) is 7.43. The van der Waals surface area contributed by atoms with E-state index < -0.39 is 33.7 Å². The molecule has 2 aromatic carbocycles. The van der Waals surface area contributed by atoms with E-state index in [1.807, 2.05) is 6.92 Å². The monoisotopic (exact) mass is 386 g/mol. The fourth-order valence-electron chi connectivity index (χ4n) is 2.06. The summed E-state index contributed by atoms with van der Waals surface area (Å²) < 4.78 is 64.3. The average molecular weight is 386 g/mol. The highest BCUT2D eigenvalue weighted by molar-refractivity contribution is 7.89. The molecule has 0 saturated heterocycles. The lowest BCUT2D eigenvalue weighted by atomic mass is 10.2. The average Bonchev–Trinajstić information content (AvgIpc) is 2.54. The van der Waals surface area contributed by atoms with Gasteiger partial charge >= 0.3 is 6.18 Å². The van der Waals surface area contributed by atoms with Crippen molar-refractivity contribution >= 4 is 21.6 Å². The number of halogens is 3. The zero-order chi connectivity index (χ0) is 19.5. The molecular formula is C17H17F3N2O3S. The number of nitrogens with one attached hydrogen (secondary N) is 2. The van der Waals surface area contributed by atoms with Crippen molar-refractivity contribution in [2.75, 3.05) is 5.32 Å². The summed E-state index contributed by atoms with van der Waals surface area (Å²) in [5.41, 5.74) is 0.171.